The van der Waals surface area contributed by atoms with E-state index in [0.717, 1.165) is 40.8 Å². The first-order valence-corrected chi connectivity index (χ1v) is 10.4. The second-order valence-electron chi connectivity index (χ2n) is 8.05. The fourth-order valence-corrected chi connectivity index (χ4v) is 4.53. The predicted molar refractivity (Wildman–Crippen MR) is 115 cm³/mol. The van der Waals surface area contributed by atoms with Crippen molar-refractivity contribution < 1.29 is 4.79 Å². The van der Waals surface area contributed by atoms with Crippen molar-refractivity contribution in [2.75, 3.05) is 7.05 Å². The molecule has 7 heteroatoms. The van der Waals surface area contributed by atoms with Gasteiger partial charge in [-0.25, -0.2) is 4.98 Å². The maximum atomic E-state index is 13.1. The minimum atomic E-state index is -0.0452. The van der Waals surface area contributed by atoms with Gasteiger partial charge in [0, 0.05) is 30.2 Å². The molecule has 1 aliphatic carbocycles. The van der Waals surface area contributed by atoms with E-state index in [2.05, 4.69) is 24.7 Å². The summed E-state index contributed by atoms with van der Waals surface area (Å²) < 4.78 is 2.31. The van der Waals surface area contributed by atoms with E-state index in [0.29, 0.717) is 23.8 Å². The van der Waals surface area contributed by atoms with Gasteiger partial charge in [-0.2, -0.15) is 0 Å². The highest BCUT2D eigenvalue weighted by Gasteiger charge is 2.24. The summed E-state index contributed by atoms with van der Waals surface area (Å²) in [6.45, 7) is 2.49. The Bertz CT molecular complexity index is 1230. The number of amides is 1. The highest BCUT2D eigenvalue weighted by Crippen LogP contribution is 2.35. The molecule has 0 bridgehead atoms. The number of rotatable bonds is 4. The fraction of sp³-hybridized carbons (Fsp3) is 0.348. The van der Waals surface area contributed by atoms with Gasteiger partial charge in [-0.3, -0.25) is 9.78 Å². The largest absolute Gasteiger partial charge is 0.336 e. The van der Waals surface area contributed by atoms with Gasteiger partial charge in [0.2, 0.25) is 5.65 Å². The van der Waals surface area contributed by atoms with Crippen LogP contribution in [0.3, 0.4) is 0 Å². The van der Waals surface area contributed by atoms with E-state index in [4.69, 9.17) is 0 Å². The van der Waals surface area contributed by atoms with E-state index >= 15 is 0 Å². The fourth-order valence-electron chi connectivity index (χ4n) is 4.53. The molecule has 152 valence electrons. The molecule has 1 saturated carbocycles. The average molecular weight is 400 g/mol. The zero-order valence-electron chi connectivity index (χ0n) is 17.2. The molecule has 0 unspecified atom stereocenters. The van der Waals surface area contributed by atoms with Crippen molar-refractivity contribution in [3.05, 3.63) is 59.7 Å². The molecule has 0 saturated heterocycles. The molecule has 0 aliphatic heterocycles. The average Bonchev–Trinajstić information content (AvgIpc) is 3.40. The lowest BCUT2D eigenvalue weighted by Gasteiger charge is -2.18. The summed E-state index contributed by atoms with van der Waals surface area (Å²) >= 11 is 0. The summed E-state index contributed by atoms with van der Waals surface area (Å²) in [5.41, 5.74) is 3.92. The van der Waals surface area contributed by atoms with E-state index in [1.165, 1.54) is 12.8 Å². The van der Waals surface area contributed by atoms with Crippen molar-refractivity contribution in [2.24, 2.45) is 0 Å². The number of pyridine rings is 1. The number of imidazole rings is 1. The van der Waals surface area contributed by atoms with Crippen LogP contribution in [0.1, 0.15) is 53.6 Å². The third kappa shape index (κ3) is 3.20. The van der Waals surface area contributed by atoms with Gasteiger partial charge in [0.1, 0.15) is 5.82 Å². The number of hydrogen-bond acceptors (Lipinski definition) is 5. The van der Waals surface area contributed by atoms with Gasteiger partial charge in [0.25, 0.3) is 5.91 Å². The normalized spacial score (nSPS) is 14.6. The molecule has 1 amide bonds. The highest BCUT2D eigenvalue weighted by atomic mass is 16.2. The third-order valence-corrected chi connectivity index (χ3v) is 5.98. The summed E-state index contributed by atoms with van der Waals surface area (Å²) in [6.07, 6.45) is 6.53. The Morgan fingerprint density at radius 1 is 1.17 bits per heavy atom. The number of hydrogen-bond donors (Lipinski definition) is 0. The molecule has 5 rings (SSSR count). The Morgan fingerprint density at radius 2 is 2.00 bits per heavy atom. The molecule has 0 radical (unpaired) electrons. The number of fused-ring (bicyclic) bond motifs is 3. The van der Waals surface area contributed by atoms with Crippen LogP contribution in [0.5, 0.6) is 0 Å². The van der Waals surface area contributed by atoms with Crippen LogP contribution < -0.4 is 0 Å². The Hall–Kier alpha value is -3.35. The number of carbonyl (C=O) groups excluding carboxylic acids is 1. The van der Waals surface area contributed by atoms with Crippen LogP contribution >= 0.6 is 0 Å². The van der Waals surface area contributed by atoms with E-state index in [1.807, 2.05) is 43.3 Å². The topological polar surface area (TPSA) is 76.8 Å². The van der Waals surface area contributed by atoms with Gasteiger partial charge < -0.3 is 9.47 Å². The van der Waals surface area contributed by atoms with E-state index < -0.39 is 0 Å². The maximum absolute atomic E-state index is 13.1. The van der Waals surface area contributed by atoms with Gasteiger partial charge in [0.15, 0.2) is 0 Å². The molecule has 0 spiro atoms. The Kier molecular flexibility index (Phi) is 4.65. The van der Waals surface area contributed by atoms with Crippen LogP contribution in [0.15, 0.2) is 42.6 Å². The quantitative estimate of drug-likeness (QED) is 0.516. The molecular formula is C23H24N6O. The third-order valence-electron chi connectivity index (χ3n) is 5.98. The van der Waals surface area contributed by atoms with E-state index in [1.54, 1.807) is 18.1 Å². The van der Waals surface area contributed by atoms with Crippen LogP contribution in [0.2, 0.25) is 0 Å². The first-order chi connectivity index (χ1) is 14.6. The molecule has 0 N–H and O–H groups in total. The van der Waals surface area contributed by atoms with Crippen molar-refractivity contribution in [1.82, 2.24) is 29.6 Å². The van der Waals surface area contributed by atoms with E-state index in [9.17, 15) is 4.79 Å². The lowest BCUT2D eigenvalue weighted by atomic mass is 10.1. The number of carbonyl (C=O) groups is 1. The first-order valence-electron chi connectivity index (χ1n) is 10.4. The number of aryl methyl sites for hydroxylation is 1. The van der Waals surface area contributed by atoms with Crippen molar-refractivity contribution in [3.63, 3.8) is 0 Å². The van der Waals surface area contributed by atoms with Crippen molar-refractivity contribution in [1.29, 1.82) is 0 Å². The van der Waals surface area contributed by atoms with Crippen molar-refractivity contribution >= 4 is 28.0 Å². The van der Waals surface area contributed by atoms with Gasteiger partial charge in [0.05, 0.1) is 23.3 Å². The Balaban J connectivity index is 1.57. The number of aromatic nitrogens is 5. The Morgan fingerprint density at radius 3 is 2.77 bits per heavy atom. The van der Waals surface area contributed by atoms with Crippen molar-refractivity contribution in [2.45, 2.75) is 45.2 Å². The van der Waals surface area contributed by atoms with Gasteiger partial charge in [-0.15, -0.1) is 10.2 Å². The lowest BCUT2D eigenvalue weighted by Crippen LogP contribution is -2.26. The zero-order valence-corrected chi connectivity index (χ0v) is 17.2. The summed E-state index contributed by atoms with van der Waals surface area (Å²) in [5, 5.41) is 9.62. The summed E-state index contributed by atoms with van der Waals surface area (Å²) in [4.78, 5) is 23.8. The van der Waals surface area contributed by atoms with Crippen LogP contribution in [0.4, 0.5) is 0 Å². The monoisotopic (exact) mass is 400 g/mol. The second-order valence-corrected chi connectivity index (χ2v) is 8.05. The molecule has 4 aromatic rings. The predicted octanol–water partition coefficient (Wildman–Crippen LogP) is 4.07. The minimum absolute atomic E-state index is 0.0452. The highest BCUT2D eigenvalue weighted by molar-refractivity contribution is 6.05. The van der Waals surface area contributed by atoms with Gasteiger partial charge in [-0.05, 0) is 50.1 Å². The molecule has 7 nitrogen and oxygen atoms in total. The summed E-state index contributed by atoms with van der Waals surface area (Å²) in [7, 11) is 1.80. The molecule has 30 heavy (non-hydrogen) atoms. The SMILES string of the molecule is Cc1nc2nnc3ccc(C(=O)N(C)Cc4ccccn4)cc3c2n1C1CCCC1. The molecular weight excluding hydrogens is 376 g/mol. The van der Waals surface area contributed by atoms with Crippen LogP contribution in [-0.4, -0.2) is 42.6 Å². The Labute approximate surface area is 174 Å². The molecule has 0 atom stereocenters. The van der Waals surface area contributed by atoms with E-state index in [-0.39, 0.29) is 5.91 Å². The number of benzene rings is 1. The standard InChI is InChI=1S/C23H24N6O/c1-15-25-22-21(29(15)18-8-3-4-9-18)19-13-16(10-11-20(19)26-27-22)23(30)28(2)14-17-7-5-6-12-24-17/h5-7,10-13,18H,3-4,8-9,14H2,1-2H3. The molecule has 1 aliphatic rings. The van der Waals surface area contributed by atoms with Crippen LogP contribution in [0.25, 0.3) is 22.1 Å². The maximum Gasteiger partial charge on any atom is 0.253 e. The summed E-state index contributed by atoms with van der Waals surface area (Å²) in [6, 6.07) is 11.8. The van der Waals surface area contributed by atoms with Gasteiger partial charge in [-0.1, -0.05) is 18.9 Å². The lowest BCUT2D eigenvalue weighted by molar-refractivity contribution is 0.0783. The van der Waals surface area contributed by atoms with Crippen LogP contribution in [0, 0.1) is 6.92 Å². The van der Waals surface area contributed by atoms with Gasteiger partial charge >= 0.3 is 0 Å². The smallest absolute Gasteiger partial charge is 0.253 e. The molecule has 3 heterocycles. The number of nitrogens with zero attached hydrogens (tertiary/aromatic N) is 6. The summed E-state index contributed by atoms with van der Waals surface area (Å²) in [5.74, 6) is 0.916. The molecule has 1 aromatic carbocycles. The minimum Gasteiger partial charge on any atom is -0.336 e. The van der Waals surface area contributed by atoms with Crippen molar-refractivity contribution in [3.8, 4) is 0 Å². The van der Waals surface area contributed by atoms with Crippen LogP contribution in [-0.2, 0) is 6.54 Å². The second kappa shape index (κ2) is 7.48. The zero-order chi connectivity index (χ0) is 20.7. The molecule has 3 aromatic heterocycles. The molecule has 1 fully saturated rings. The first kappa shape index (κ1) is 18.7.